The minimum atomic E-state index is -0.986. The Balaban J connectivity index is 1.39. The Bertz CT molecular complexity index is 877. The summed E-state index contributed by atoms with van der Waals surface area (Å²) in [6.45, 7) is 6.12. The summed E-state index contributed by atoms with van der Waals surface area (Å²) in [6, 6.07) is 7.97. The fourth-order valence-electron chi connectivity index (χ4n) is 5.55. The number of benzene rings is 1. The average Bonchev–Trinajstić information content (AvgIpc) is 3.47. The second-order valence-electron chi connectivity index (χ2n) is 9.95. The van der Waals surface area contributed by atoms with Crippen molar-refractivity contribution in [1.82, 2.24) is 10.2 Å². The second-order valence-corrected chi connectivity index (χ2v) is 9.95. The molecule has 7 nitrogen and oxygen atoms in total. The van der Waals surface area contributed by atoms with Crippen LogP contribution in [0.15, 0.2) is 24.3 Å². The van der Waals surface area contributed by atoms with Crippen molar-refractivity contribution >= 4 is 17.8 Å². The number of nitrogens with two attached hydrogens (primary N) is 1. The number of aliphatic carboxylic acids is 1. The van der Waals surface area contributed by atoms with Crippen LogP contribution in [-0.2, 0) is 14.4 Å². The van der Waals surface area contributed by atoms with Gasteiger partial charge in [0.2, 0.25) is 11.8 Å². The number of carbonyl (C=O) groups is 3. The fourth-order valence-corrected chi connectivity index (χ4v) is 5.55. The molecule has 0 bridgehead atoms. The van der Waals surface area contributed by atoms with Crippen LogP contribution in [0.5, 0.6) is 0 Å². The second kappa shape index (κ2) is 8.26. The molecule has 2 saturated heterocycles. The lowest BCUT2D eigenvalue weighted by atomic mass is 9.80. The minimum Gasteiger partial charge on any atom is -0.481 e. The summed E-state index contributed by atoms with van der Waals surface area (Å²) < 4.78 is 0. The maximum absolute atomic E-state index is 13.2. The van der Waals surface area contributed by atoms with E-state index < -0.39 is 17.9 Å². The predicted octanol–water partition coefficient (Wildman–Crippen LogP) is 2.07. The Labute approximate surface area is 183 Å². The van der Waals surface area contributed by atoms with Crippen LogP contribution in [0.2, 0.25) is 0 Å². The van der Waals surface area contributed by atoms with E-state index in [1.807, 2.05) is 4.90 Å². The number of amides is 2. The summed E-state index contributed by atoms with van der Waals surface area (Å²) in [5, 5.41) is 12.9. The lowest BCUT2D eigenvalue weighted by Crippen LogP contribution is -2.58. The van der Waals surface area contributed by atoms with Crippen LogP contribution in [0.25, 0.3) is 0 Å². The summed E-state index contributed by atoms with van der Waals surface area (Å²) >= 11 is 0. The molecule has 31 heavy (non-hydrogen) atoms. The molecule has 1 saturated carbocycles. The number of primary amides is 1. The Morgan fingerprint density at radius 3 is 2.48 bits per heavy atom. The molecule has 3 aliphatic rings. The highest BCUT2D eigenvalue weighted by Gasteiger charge is 2.62. The Morgan fingerprint density at radius 1 is 1.19 bits per heavy atom. The number of carboxylic acids is 1. The summed E-state index contributed by atoms with van der Waals surface area (Å²) in [7, 11) is 0. The van der Waals surface area contributed by atoms with Crippen molar-refractivity contribution in [3.63, 3.8) is 0 Å². The summed E-state index contributed by atoms with van der Waals surface area (Å²) in [5.41, 5.74) is 7.70. The lowest BCUT2D eigenvalue weighted by Gasteiger charge is -2.40. The van der Waals surface area contributed by atoms with Gasteiger partial charge in [-0.05, 0) is 54.1 Å². The molecule has 2 aliphatic heterocycles. The molecule has 1 aromatic carbocycles. The van der Waals surface area contributed by atoms with Crippen molar-refractivity contribution in [2.45, 2.75) is 57.4 Å². The van der Waals surface area contributed by atoms with Crippen LogP contribution >= 0.6 is 0 Å². The SMILES string of the molecule is CC(C)c1cccc(C2CCN(C(=O)C3NCC4(CC3C(=O)O)CC4C(N)=O)CC2)c1. The quantitative estimate of drug-likeness (QED) is 0.666. The zero-order valence-electron chi connectivity index (χ0n) is 18.3. The van der Waals surface area contributed by atoms with Gasteiger partial charge in [0, 0.05) is 25.6 Å². The zero-order chi connectivity index (χ0) is 22.3. The smallest absolute Gasteiger partial charge is 0.308 e. The van der Waals surface area contributed by atoms with Crippen molar-refractivity contribution in [2.24, 2.45) is 23.0 Å². The number of hydrogen-bond donors (Lipinski definition) is 3. The van der Waals surface area contributed by atoms with Gasteiger partial charge in [-0.2, -0.15) is 0 Å². The molecule has 2 amide bonds. The van der Waals surface area contributed by atoms with Crippen LogP contribution in [0.1, 0.15) is 62.5 Å². The number of likely N-dealkylation sites (tertiary alicyclic amines) is 1. The maximum Gasteiger partial charge on any atom is 0.308 e. The first-order valence-corrected chi connectivity index (χ1v) is 11.4. The molecule has 4 unspecified atom stereocenters. The van der Waals surface area contributed by atoms with Gasteiger partial charge in [0.05, 0.1) is 5.92 Å². The number of carboxylic acid groups (broad SMARTS) is 1. The lowest BCUT2D eigenvalue weighted by molar-refractivity contribution is -0.151. The predicted molar refractivity (Wildman–Crippen MR) is 116 cm³/mol. The van der Waals surface area contributed by atoms with E-state index in [2.05, 4.69) is 43.4 Å². The summed E-state index contributed by atoms with van der Waals surface area (Å²) in [4.78, 5) is 38.5. The van der Waals surface area contributed by atoms with Gasteiger partial charge in [0.25, 0.3) is 0 Å². The van der Waals surface area contributed by atoms with E-state index in [-0.39, 0.29) is 23.1 Å². The van der Waals surface area contributed by atoms with E-state index in [0.29, 0.717) is 44.3 Å². The third-order valence-corrected chi connectivity index (χ3v) is 7.67. The van der Waals surface area contributed by atoms with E-state index in [4.69, 9.17) is 5.73 Å². The molecule has 1 aromatic rings. The molecule has 168 valence electrons. The molecule has 1 aliphatic carbocycles. The summed E-state index contributed by atoms with van der Waals surface area (Å²) in [6.07, 6.45) is 2.70. The van der Waals surface area contributed by atoms with Crippen LogP contribution in [0, 0.1) is 17.3 Å². The van der Waals surface area contributed by atoms with Crippen molar-refractivity contribution in [2.75, 3.05) is 19.6 Å². The molecule has 3 fully saturated rings. The first-order valence-electron chi connectivity index (χ1n) is 11.4. The van der Waals surface area contributed by atoms with Gasteiger partial charge in [-0.1, -0.05) is 38.1 Å². The highest BCUT2D eigenvalue weighted by atomic mass is 16.4. The Morgan fingerprint density at radius 2 is 1.90 bits per heavy atom. The highest BCUT2D eigenvalue weighted by molar-refractivity contribution is 5.89. The van der Waals surface area contributed by atoms with Gasteiger partial charge in [0.15, 0.2) is 0 Å². The third-order valence-electron chi connectivity index (χ3n) is 7.67. The van der Waals surface area contributed by atoms with Crippen molar-refractivity contribution < 1.29 is 19.5 Å². The first-order chi connectivity index (χ1) is 14.7. The van der Waals surface area contributed by atoms with E-state index in [0.717, 1.165) is 12.8 Å². The van der Waals surface area contributed by atoms with Crippen LogP contribution in [0.4, 0.5) is 0 Å². The maximum atomic E-state index is 13.2. The average molecular weight is 428 g/mol. The molecule has 0 aromatic heterocycles. The van der Waals surface area contributed by atoms with Crippen molar-refractivity contribution in [3.8, 4) is 0 Å². The van der Waals surface area contributed by atoms with Crippen LogP contribution < -0.4 is 11.1 Å². The third kappa shape index (κ3) is 4.20. The number of nitrogens with one attached hydrogen (secondary N) is 1. The fraction of sp³-hybridized carbons (Fsp3) is 0.625. The molecular formula is C24H33N3O4. The number of nitrogens with zero attached hydrogens (tertiary/aromatic N) is 1. The van der Waals surface area contributed by atoms with Gasteiger partial charge in [-0.25, -0.2) is 0 Å². The van der Waals surface area contributed by atoms with Crippen molar-refractivity contribution in [3.05, 3.63) is 35.4 Å². The number of piperidine rings is 2. The van der Waals surface area contributed by atoms with E-state index in [1.54, 1.807) is 0 Å². The van der Waals surface area contributed by atoms with Gasteiger partial charge in [-0.15, -0.1) is 0 Å². The Hall–Kier alpha value is -2.41. The molecule has 1 spiro atoms. The first kappa shape index (κ1) is 21.8. The van der Waals surface area contributed by atoms with Crippen LogP contribution in [-0.4, -0.2) is 53.5 Å². The zero-order valence-corrected chi connectivity index (χ0v) is 18.3. The normalized spacial score (nSPS) is 31.1. The minimum absolute atomic E-state index is 0.132. The standard InChI is InChI=1S/C24H33N3O4/c1-14(2)16-4-3-5-17(10-16)15-6-8-27(9-7-15)22(29)20-18(23(30)31)11-24(13-26-20)12-19(24)21(25)28/h3-5,10,14-15,18-20,26H,6-9,11-13H2,1-2H3,(H2,25,28)(H,30,31). The van der Waals surface area contributed by atoms with Gasteiger partial charge < -0.3 is 21.1 Å². The van der Waals surface area contributed by atoms with Gasteiger partial charge in [-0.3, -0.25) is 14.4 Å². The molecule has 4 N–H and O–H groups in total. The topological polar surface area (TPSA) is 113 Å². The van der Waals surface area contributed by atoms with Gasteiger partial charge >= 0.3 is 5.97 Å². The highest BCUT2D eigenvalue weighted by Crippen LogP contribution is 2.58. The molecular weight excluding hydrogens is 394 g/mol. The number of rotatable bonds is 5. The summed E-state index contributed by atoms with van der Waals surface area (Å²) in [5.74, 6) is -1.70. The molecule has 7 heteroatoms. The van der Waals surface area contributed by atoms with E-state index in [1.165, 1.54) is 11.1 Å². The van der Waals surface area contributed by atoms with Crippen molar-refractivity contribution in [1.29, 1.82) is 0 Å². The molecule has 2 heterocycles. The van der Waals surface area contributed by atoms with E-state index >= 15 is 0 Å². The van der Waals surface area contributed by atoms with Crippen LogP contribution in [0.3, 0.4) is 0 Å². The Kier molecular flexibility index (Phi) is 5.81. The van der Waals surface area contributed by atoms with Gasteiger partial charge in [0.1, 0.15) is 6.04 Å². The number of hydrogen-bond acceptors (Lipinski definition) is 4. The molecule has 4 rings (SSSR count). The molecule has 4 atom stereocenters. The largest absolute Gasteiger partial charge is 0.481 e. The number of carbonyl (C=O) groups excluding carboxylic acids is 2. The molecule has 0 radical (unpaired) electrons. The monoisotopic (exact) mass is 427 g/mol. The van der Waals surface area contributed by atoms with E-state index in [9.17, 15) is 19.5 Å².